The number of carbonyl (C=O) groups is 1. The van der Waals surface area contributed by atoms with Gasteiger partial charge in [-0.05, 0) is 48.2 Å². The molecule has 4 rings (SSSR count). The SMILES string of the molecule is Cc1cc2cc(c1NC(=O)Nc1cccc(C(F)(F)F)c1)C2. The summed E-state index contributed by atoms with van der Waals surface area (Å²) in [5.41, 5.74) is 3.22. The van der Waals surface area contributed by atoms with Crippen molar-refractivity contribution in [3.8, 4) is 0 Å². The summed E-state index contributed by atoms with van der Waals surface area (Å²) in [5.74, 6) is 0. The first-order valence-corrected chi connectivity index (χ1v) is 6.70. The first kappa shape index (κ1) is 14.4. The number of aryl methyl sites for hydroxylation is 1. The van der Waals surface area contributed by atoms with E-state index in [1.54, 1.807) is 0 Å². The van der Waals surface area contributed by atoms with Crippen LogP contribution < -0.4 is 10.6 Å². The zero-order valence-corrected chi connectivity index (χ0v) is 11.7. The van der Waals surface area contributed by atoms with Gasteiger partial charge in [-0.1, -0.05) is 18.2 Å². The van der Waals surface area contributed by atoms with E-state index in [0.717, 1.165) is 35.4 Å². The largest absolute Gasteiger partial charge is 0.416 e. The molecule has 0 heterocycles. The lowest BCUT2D eigenvalue weighted by atomic mass is 9.88. The van der Waals surface area contributed by atoms with Gasteiger partial charge in [0, 0.05) is 11.4 Å². The Morgan fingerprint density at radius 3 is 2.50 bits per heavy atom. The predicted molar refractivity (Wildman–Crippen MR) is 78.1 cm³/mol. The lowest BCUT2D eigenvalue weighted by molar-refractivity contribution is -0.137. The van der Waals surface area contributed by atoms with E-state index in [9.17, 15) is 18.0 Å². The maximum absolute atomic E-state index is 12.6. The van der Waals surface area contributed by atoms with Crippen LogP contribution in [-0.4, -0.2) is 6.03 Å². The molecule has 2 amide bonds. The highest BCUT2D eigenvalue weighted by molar-refractivity contribution is 6.01. The number of fused-ring (bicyclic) bond motifs is 2. The second kappa shape index (κ2) is 5.05. The van der Waals surface area contributed by atoms with E-state index in [0.29, 0.717) is 0 Å². The molecule has 2 N–H and O–H groups in total. The fraction of sp³-hybridized carbons (Fsp3) is 0.188. The van der Waals surface area contributed by atoms with Crippen molar-refractivity contribution in [1.82, 2.24) is 0 Å². The van der Waals surface area contributed by atoms with Gasteiger partial charge in [0.05, 0.1) is 5.56 Å². The number of hydrogen-bond acceptors (Lipinski definition) is 1. The number of rotatable bonds is 2. The van der Waals surface area contributed by atoms with Gasteiger partial charge in [0.1, 0.15) is 0 Å². The van der Waals surface area contributed by atoms with Crippen LogP contribution in [0.5, 0.6) is 0 Å². The van der Waals surface area contributed by atoms with Crippen LogP contribution in [0.2, 0.25) is 0 Å². The molecular weight excluding hydrogens is 293 g/mol. The minimum absolute atomic E-state index is 0.0974. The molecule has 0 atom stereocenters. The van der Waals surface area contributed by atoms with Crippen LogP contribution in [0.25, 0.3) is 0 Å². The van der Waals surface area contributed by atoms with Crippen molar-refractivity contribution < 1.29 is 18.0 Å². The summed E-state index contributed by atoms with van der Waals surface area (Å²) >= 11 is 0. The third-order valence-electron chi connectivity index (χ3n) is 3.56. The van der Waals surface area contributed by atoms with Gasteiger partial charge in [0.2, 0.25) is 0 Å². The Morgan fingerprint density at radius 2 is 1.86 bits per heavy atom. The van der Waals surface area contributed by atoms with Crippen LogP contribution in [0.1, 0.15) is 22.3 Å². The van der Waals surface area contributed by atoms with Crippen LogP contribution in [0.15, 0.2) is 36.4 Å². The van der Waals surface area contributed by atoms with Crippen LogP contribution in [0.3, 0.4) is 0 Å². The van der Waals surface area contributed by atoms with Gasteiger partial charge in [-0.15, -0.1) is 0 Å². The number of benzene rings is 2. The van der Waals surface area contributed by atoms with Gasteiger partial charge in [-0.2, -0.15) is 13.2 Å². The number of carbonyl (C=O) groups excluding carboxylic acids is 1. The molecule has 0 fully saturated rings. The highest BCUT2D eigenvalue weighted by Gasteiger charge is 2.30. The van der Waals surface area contributed by atoms with Crippen LogP contribution in [0.4, 0.5) is 29.3 Å². The quantitative estimate of drug-likeness (QED) is 0.716. The zero-order valence-electron chi connectivity index (χ0n) is 11.7. The van der Waals surface area contributed by atoms with Crippen LogP contribution in [-0.2, 0) is 12.6 Å². The third kappa shape index (κ3) is 2.77. The number of hydrogen-bond donors (Lipinski definition) is 2. The molecule has 2 aromatic carbocycles. The highest BCUT2D eigenvalue weighted by atomic mass is 19.4. The molecule has 0 unspecified atom stereocenters. The standard InChI is InChI=1S/C16H13F3N2O/c1-9-5-10-6-11(7-10)14(9)21-15(22)20-13-4-2-3-12(8-13)16(17,18)19/h2-6,8H,7H2,1H3,(H2,20,21,22). The molecule has 0 spiro atoms. The second-order valence-electron chi connectivity index (χ2n) is 5.28. The number of anilines is 2. The van der Waals surface area contributed by atoms with E-state index in [2.05, 4.69) is 10.6 Å². The molecular formula is C16H13F3N2O. The second-order valence-corrected chi connectivity index (χ2v) is 5.28. The molecule has 3 nitrogen and oxygen atoms in total. The monoisotopic (exact) mass is 306 g/mol. The van der Waals surface area contributed by atoms with E-state index in [4.69, 9.17) is 0 Å². The average molecular weight is 306 g/mol. The summed E-state index contributed by atoms with van der Waals surface area (Å²) in [7, 11) is 0. The van der Waals surface area contributed by atoms with Gasteiger partial charge < -0.3 is 10.6 Å². The molecule has 2 aliphatic carbocycles. The van der Waals surface area contributed by atoms with Crippen molar-refractivity contribution in [2.45, 2.75) is 19.5 Å². The van der Waals surface area contributed by atoms with E-state index in [1.807, 2.05) is 19.1 Å². The third-order valence-corrected chi connectivity index (χ3v) is 3.56. The molecule has 0 saturated heterocycles. The van der Waals surface area contributed by atoms with Crippen molar-refractivity contribution >= 4 is 17.4 Å². The smallest absolute Gasteiger partial charge is 0.308 e. The summed E-state index contributed by atoms with van der Waals surface area (Å²) in [6.07, 6.45) is -3.62. The Hall–Kier alpha value is -2.50. The topological polar surface area (TPSA) is 41.1 Å². The molecule has 2 aliphatic rings. The van der Waals surface area contributed by atoms with Crippen molar-refractivity contribution in [3.05, 3.63) is 58.7 Å². The van der Waals surface area contributed by atoms with Gasteiger partial charge in [0.15, 0.2) is 0 Å². The Bertz CT molecular complexity index is 750. The van der Waals surface area contributed by atoms with Crippen LogP contribution >= 0.6 is 0 Å². The summed E-state index contributed by atoms with van der Waals surface area (Å²) in [5, 5.41) is 5.13. The maximum atomic E-state index is 12.6. The molecule has 0 aromatic heterocycles. The van der Waals surface area contributed by atoms with E-state index in [1.165, 1.54) is 17.7 Å². The number of nitrogens with one attached hydrogen (secondary N) is 2. The van der Waals surface area contributed by atoms with Crippen molar-refractivity contribution in [1.29, 1.82) is 0 Å². The van der Waals surface area contributed by atoms with Crippen molar-refractivity contribution in [3.63, 3.8) is 0 Å². The lowest BCUT2D eigenvalue weighted by Crippen LogP contribution is -2.22. The van der Waals surface area contributed by atoms with E-state index < -0.39 is 17.8 Å². The number of alkyl halides is 3. The maximum Gasteiger partial charge on any atom is 0.416 e. The van der Waals surface area contributed by atoms with E-state index in [-0.39, 0.29) is 5.69 Å². The molecule has 0 radical (unpaired) electrons. The van der Waals surface area contributed by atoms with Gasteiger partial charge in [-0.3, -0.25) is 0 Å². The Morgan fingerprint density at radius 1 is 1.14 bits per heavy atom. The Balaban J connectivity index is 1.73. The minimum Gasteiger partial charge on any atom is -0.308 e. The van der Waals surface area contributed by atoms with Crippen LogP contribution in [0, 0.1) is 6.92 Å². The predicted octanol–water partition coefficient (Wildman–Crippen LogP) is 4.56. The Labute approximate surface area is 125 Å². The lowest BCUT2D eigenvalue weighted by Gasteiger charge is -2.22. The number of urea groups is 1. The first-order valence-electron chi connectivity index (χ1n) is 6.70. The summed E-state index contributed by atoms with van der Waals surface area (Å²) < 4.78 is 37.9. The number of amides is 2. The Kier molecular flexibility index (Phi) is 3.31. The molecule has 0 aliphatic heterocycles. The van der Waals surface area contributed by atoms with Crippen molar-refractivity contribution in [2.75, 3.05) is 10.6 Å². The van der Waals surface area contributed by atoms with Gasteiger partial charge in [0.25, 0.3) is 0 Å². The van der Waals surface area contributed by atoms with Crippen molar-refractivity contribution in [2.24, 2.45) is 0 Å². The zero-order chi connectivity index (χ0) is 15.9. The van der Waals surface area contributed by atoms with Gasteiger partial charge in [-0.25, -0.2) is 4.79 Å². The molecule has 2 aromatic rings. The molecule has 6 heteroatoms. The fourth-order valence-electron chi connectivity index (χ4n) is 2.50. The van der Waals surface area contributed by atoms with E-state index >= 15 is 0 Å². The summed E-state index contributed by atoms with van der Waals surface area (Å²) in [4.78, 5) is 12.0. The molecule has 114 valence electrons. The normalized spacial score (nSPS) is 12.5. The van der Waals surface area contributed by atoms with Gasteiger partial charge >= 0.3 is 12.2 Å². The highest BCUT2D eigenvalue weighted by Crippen LogP contribution is 2.33. The molecule has 22 heavy (non-hydrogen) atoms. The summed E-state index contributed by atoms with van der Waals surface area (Å²) in [6.45, 7) is 1.88. The first-order chi connectivity index (χ1) is 10.3. The molecule has 2 bridgehead atoms. The average Bonchev–Trinajstić information content (AvgIpc) is 2.38. The minimum atomic E-state index is -4.44. The molecule has 0 saturated carbocycles. The number of halogens is 3. The summed E-state index contributed by atoms with van der Waals surface area (Å²) in [6, 6.07) is 7.94. The fourth-order valence-corrected chi connectivity index (χ4v) is 2.50.